The van der Waals surface area contributed by atoms with Gasteiger partial charge in [-0.1, -0.05) is 0 Å². The van der Waals surface area contributed by atoms with Gasteiger partial charge in [0.2, 0.25) is 0 Å². The minimum absolute atomic E-state index is 0.287. The number of nitrogens with two attached hydrogens (primary N) is 1. The van der Waals surface area contributed by atoms with Crippen molar-refractivity contribution in [2.24, 2.45) is 23.5 Å². The Morgan fingerprint density at radius 3 is 2.55 bits per heavy atom. The van der Waals surface area contributed by atoms with Crippen molar-refractivity contribution in [1.29, 1.82) is 0 Å². The van der Waals surface area contributed by atoms with Crippen LogP contribution >= 0.6 is 0 Å². The second kappa shape index (κ2) is 2.16. The molecule has 2 N–H and O–H groups in total. The van der Waals surface area contributed by atoms with E-state index in [9.17, 15) is 8.78 Å². The molecular weight excluding hydrogens is 148 g/mol. The van der Waals surface area contributed by atoms with Crippen LogP contribution in [0.3, 0.4) is 0 Å². The molecule has 0 spiro atoms. The van der Waals surface area contributed by atoms with E-state index < -0.39 is 5.92 Å². The van der Waals surface area contributed by atoms with Gasteiger partial charge in [0.25, 0.3) is 5.92 Å². The molecule has 3 unspecified atom stereocenters. The molecule has 2 aliphatic rings. The summed E-state index contributed by atoms with van der Waals surface area (Å²) in [7, 11) is 0. The van der Waals surface area contributed by atoms with E-state index in [4.69, 9.17) is 5.73 Å². The van der Waals surface area contributed by atoms with Crippen LogP contribution < -0.4 is 5.73 Å². The summed E-state index contributed by atoms with van der Waals surface area (Å²) >= 11 is 0. The van der Waals surface area contributed by atoms with E-state index in [2.05, 4.69) is 0 Å². The summed E-state index contributed by atoms with van der Waals surface area (Å²) in [5, 5.41) is 0. The molecule has 0 heterocycles. The van der Waals surface area contributed by atoms with Crippen LogP contribution in [0.1, 0.15) is 19.3 Å². The standard InChI is InChI=1S/C8H13F2N/c9-8(10)6-2-1-5(4-11)3-7(6)8/h5-7H,1-4,11H2. The molecule has 2 saturated carbocycles. The van der Waals surface area contributed by atoms with E-state index in [1.807, 2.05) is 0 Å². The molecule has 3 atom stereocenters. The monoisotopic (exact) mass is 161 g/mol. The number of alkyl halides is 2. The van der Waals surface area contributed by atoms with Crippen molar-refractivity contribution in [1.82, 2.24) is 0 Å². The third kappa shape index (κ3) is 0.975. The van der Waals surface area contributed by atoms with E-state index in [1.54, 1.807) is 0 Å². The molecule has 0 saturated heterocycles. The van der Waals surface area contributed by atoms with E-state index in [0.717, 1.165) is 6.42 Å². The molecular formula is C8H13F2N. The van der Waals surface area contributed by atoms with Gasteiger partial charge >= 0.3 is 0 Å². The van der Waals surface area contributed by atoms with Crippen LogP contribution in [0.15, 0.2) is 0 Å². The second-order valence-corrected chi connectivity index (χ2v) is 3.80. The van der Waals surface area contributed by atoms with Crippen molar-refractivity contribution >= 4 is 0 Å². The highest BCUT2D eigenvalue weighted by molar-refractivity contribution is 5.08. The highest BCUT2D eigenvalue weighted by Gasteiger charge is 2.68. The summed E-state index contributed by atoms with van der Waals surface area (Å²) in [5.74, 6) is -2.57. The van der Waals surface area contributed by atoms with Gasteiger partial charge in [0.15, 0.2) is 0 Å². The van der Waals surface area contributed by atoms with Gasteiger partial charge in [-0.2, -0.15) is 0 Å². The summed E-state index contributed by atoms with van der Waals surface area (Å²) in [6, 6.07) is 0. The summed E-state index contributed by atoms with van der Waals surface area (Å²) in [6.45, 7) is 0.583. The second-order valence-electron chi connectivity index (χ2n) is 3.80. The zero-order valence-electron chi connectivity index (χ0n) is 6.39. The molecule has 0 aromatic heterocycles. The van der Waals surface area contributed by atoms with Gasteiger partial charge in [-0.15, -0.1) is 0 Å². The smallest absolute Gasteiger partial charge is 0.254 e. The molecule has 2 fully saturated rings. The van der Waals surface area contributed by atoms with Gasteiger partial charge in [-0.3, -0.25) is 0 Å². The average molecular weight is 161 g/mol. The highest BCUT2D eigenvalue weighted by Crippen LogP contribution is 2.63. The largest absolute Gasteiger partial charge is 0.330 e. The van der Waals surface area contributed by atoms with Crippen LogP contribution in [-0.4, -0.2) is 12.5 Å². The lowest BCUT2D eigenvalue weighted by Crippen LogP contribution is -2.18. The zero-order chi connectivity index (χ0) is 8.06. The average Bonchev–Trinajstić information content (AvgIpc) is 2.55. The van der Waals surface area contributed by atoms with Crippen LogP contribution in [0, 0.1) is 17.8 Å². The number of fused-ring (bicyclic) bond motifs is 1. The minimum atomic E-state index is -2.33. The van der Waals surface area contributed by atoms with Gasteiger partial charge in [-0.25, -0.2) is 8.78 Å². The fourth-order valence-electron chi connectivity index (χ4n) is 2.28. The molecule has 0 aromatic rings. The van der Waals surface area contributed by atoms with Crippen LogP contribution in [0.5, 0.6) is 0 Å². The van der Waals surface area contributed by atoms with Gasteiger partial charge in [0.05, 0.1) is 0 Å². The maximum Gasteiger partial charge on any atom is 0.254 e. The Hall–Kier alpha value is -0.180. The first-order valence-corrected chi connectivity index (χ1v) is 4.24. The van der Waals surface area contributed by atoms with E-state index >= 15 is 0 Å². The Bertz CT molecular complexity index is 169. The van der Waals surface area contributed by atoms with Crippen LogP contribution in [0.2, 0.25) is 0 Å². The van der Waals surface area contributed by atoms with Gasteiger partial charge < -0.3 is 5.73 Å². The molecule has 11 heavy (non-hydrogen) atoms. The molecule has 64 valence electrons. The molecule has 1 nitrogen and oxygen atoms in total. The number of hydrogen-bond acceptors (Lipinski definition) is 1. The van der Waals surface area contributed by atoms with Crippen molar-refractivity contribution in [3.8, 4) is 0 Å². The van der Waals surface area contributed by atoms with Crippen molar-refractivity contribution in [3.05, 3.63) is 0 Å². The van der Waals surface area contributed by atoms with E-state index in [-0.39, 0.29) is 11.8 Å². The summed E-state index contributed by atoms with van der Waals surface area (Å²) in [6.07, 6.45) is 2.26. The molecule has 2 aliphatic carbocycles. The SMILES string of the molecule is NCC1CCC2C(C1)C2(F)F. The first-order chi connectivity index (χ1) is 5.16. The third-order valence-corrected chi connectivity index (χ3v) is 3.17. The van der Waals surface area contributed by atoms with Crippen LogP contribution in [-0.2, 0) is 0 Å². The minimum Gasteiger partial charge on any atom is -0.330 e. The number of rotatable bonds is 1. The van der Waals surface area contributed by atoms with Crippen molar-refractivity contribution < 1.29 is 8.78 Å². The predicted octanol–water partition coefficient (Wildman–Crippen LogP) is 1.63. The van der Waals surface area contributed by atoms with Gasteiger partial charge in [-0.05, 0) is 31.7 Å². The maximum atomic E-state index is 12.8. The van der Waals surface area contributed by atoms with Crippen LogP contribution in [0.4, 0.5) is 8.78 Å². The molecule has 0 amide bonds. The summed E-state index contributed by atoms with van der Waals surface area (Å²) in [4.78, 5) is 0. The number of hydrogen-bond donors (Lipinski definition) is 1. The summed E-state index contributed by atoms with van der Waals surface area (Å²) < 4.78 is 25.5. The molecule has 2 rings (SSSR count). The Kier molecular flexibility index (Phi) is 1.46. The lowest BCUT2D eigenvalue weighted by atomic mass is 9.90. The number of halogens is 2. The first kappa shape index (κ1) is 7.47. The fourth-order valence-corrected chi connectivity index (χ4v) is 2.28. The van der Waals surface area contributed by atoms with E-state index in [1.165, 1.54) is 0 Å². The third-order valence-electron chi connectivity index (χ3n) is 3.17. The predicted molar refractivity (Wildman–Crippen MR) is 38.3 cm³/mol. The lowest BCUT2D eigenvalue weighted by Gasteiger charge is -2.16. The van der Waals surface area contributed by atoms with Gasteiger partial charge in [0.1, 0.15) is 0 Å². The zero-order valence-corrected chi connectivity index (χ0v) is 6.39. The topological polar surface area (TPSA) is 26.0 Å². The highest BCUT2D eigenvalue weighted by atomic mass is 19.3. The van der Waals surface area contributed by atoms with Gasteiger partial charge in [0, 0.05) is 11.8 Å². The van der Waals surface area contributed by atoms with Crippen molar-refractivity contribution in [2.75, 3.05) is 6.54 Å². The maximum absolute atomic E-state index is 12.8. The Labute approximate surface area is 65.0 Å². The molecule has 0 aliphatic heterocycles. The van der Waals surface area contributed by atoms with Crippen LogP contribution in [0.25, 0.3) is 0 Å². The Balaban J connectivity index is 1.97. The van der Waals surface area contributed by atoms with Crippen molar-refractivity contribution in [2.45, 2.75) is 25.2 Å². The van der Waals surface area contributed by atoms with E-state index in [0.29, 0.717) is 25.3 Å². The Morgan fingerprint density at radius 1 is 1.27 bits per heavy atom. The quantitative estimate of drug-likeness (QED) is 0.621. The van der Waals surface area contributed by atoms with Crippen molar-refractivity contribution in [3.63, 3.8) is 0 Å². The molecule has 0 radical (unpaired) electrons. The molecule has 3 heteroatoms. The fraction of sp³-hybridized carbons (Fsp3) is 1.00. The molecule has 0 aromatic carbocycles. The normalized spacial score (nSPS) is 46.6. The lowest BCUT2D eigenvalue weighted by molar-refractivity contribution is 0.0844. The summed E-state index contributed by atoms with van der Waals surface area (Å²) in [5.41, 5.74) is 5.43. The first-order valence-electron chi connectivity index (χ1n) is 4.24. The molecule has 0 bridgehead atoms. The Morgan fingerprint density at radius 2 is 2.00 bits per heavy atom.